The Labute approximate surface area is 86.1 Å². The fraction of sp³-hybridized carbons (Fsp3) is 1.00. The Morgan fingerprint density at radius 3 is 2.00 bits per heavy atom. The fourth-order valence-electron chi connectivity index (χ4n) is 0.903. The van der Waals surface area contributed by atoms with Crippen molar-refractivity contribution in [3.05, 3.63) is 0 Å². The highest BCUT2D eigenvalue weighted by molar-refractivity contribution is 6.28. The lowest BCUT2D eigenvalue weighted by molar-refractivity contribution is -0.146. The van der Waals surface area contributed by atoms with Crippen LogP contribution in [0.4, 0.5) is 22.0 Å². The minimum Gasteiger partial charge on any atom is -0.265 e. The molecule has 1 saturated heterocycles. The van der Waals surface area contributed by atoms with Crippen LogP contribution >= 0.6 is 23.2 Å². The summed E-state index contributed by atoms with van der Waals surface area (Å²) >= 11 is 10.3. The van der Waals surface area contributed by atoms with Gasteiger partial charge in [-0.25, -0.2) is 0 Å². The Balaban J connectivity index is 2.67. The number of rotatable bonds is 4. The molecule has 0 spiro atoms. The number of hydrogen-bond acceptors (Lipinski definition) is 1. The predicted molar refractivity (Wildman–Crippen MR) is 39.8 cm³/mol. The molecule has 8 heteroatoms. The van der Waals surface area contributed by atoms with E-state index in [0.717, 1.165) is 0 Å². The van der Waals surface area contributed by atoms with Crippen molar-refractivity contribution >= 4 is 23.2 Å². The van der Waals surface area contributed by atoms with E-state index in [9.17, 15) is 22.0 Å². The van der Waals surface area contributed by atoms with Gasteiger partial charge in [-0.1, -0.05) is 0 Å². The SMILES string of the molecule is FC(F)(CC(Cl)CCl)C1(F)OC1(F)F. The van der Waals surface area contributed by atoms with Gasteiger partial charge >= 0.3 is 17.9 Å². The first-order valence-corrected chi connectivity index (χ1v) is 4.48. The van der Waals surface area contributed by atoms with Crippen molar-refractivity contribution in [2.45, 2.75) is 29.7 Å². The van der Waals surface area contributed by atoms with Gasteiger partial charge in [0.15, 0.2) is 0 Å². The normalized spacial score (nSPS) is 32.8. The van der Waals surface area contributed by atoms with Crippen molar-refractivity contribution in [1.29, 1.82) is 0 Å². The smallest absolute Gasteiger partial charge is 0.265 e. The van der Waals surface area contributed by atoms with E-state index in [4.69, 9.17) is 23.2 Å². The van der Waals surface area contributed by atoms with Crippen LogP contribution < -0.4 is 0 Å². The molecule has 1 fully saturated rings. The third-order valence-electron chi connectivity index (χ3n) is 1.72. The minimum atomic E-state index is -4.45. The average molecular weight is 259 g/mol. The van der Waals surface area contributed by atoms with E-state index >= 15 is 0 Å². The van der Waals surface area contributed by atoms with Gasteiger partial charge in [-0.15, -0.1) is 23.2 Å². The Hall–Kier alpha value is 0.190. The van der Waals surface area contributed by atoms with Crippen LogP contribution in [0.15, 0.2) is 0 Å². The van der Waals surface area contributed by atoms with Crippen LogP contribution in [0.2, 0.25) is 0 Å². The van der Waals surface area contributed by atoms with Crippen molar-refractivity contribution in [3.63, 3.8) is 0 Å². The molecule has 2 unspecified atom stereocenters. The van der Waals surface area contributed by atoms with Gasteiger partial charge in [0.05, 0.1) is 5.38 Å². The molecule has 1 nitrogen and oxygen atoms in total. The molecule has 0 radical (unpaired) electrons. The van der Waals surface area contributed by atoms with Gasteiger partial charge in [-0.3, -0.25) is 4.74 Å². The monoisotopic (exact) mass is 258 g/mol. The Kier molecular flexibility index (Phi) is 2.93. The molecule has 0 aromatic heterocycles. The first-order valence-electron chi connectivity index (χ1n) is 3.51. The van der Waals surface area contributed by atoms with Gasteiger partial charge in [0.25, 0.3) is 0 Å². The summed E-state index contributed by atoms with van der Waals surface area (Å²) in [5.74, 6) is -8.98. The molecule has 2 atom stereocenters. The second-order valence-corrected chi connectivity index (χ2v) is 3.80. The summed E-state index contributed by atoms with van der Waals surface area (Å²) in [4.78, 5) is 0. The molecule has 1 rings (SSSR count). The van der Waals surface area contributed by atoms with Crippen molar-refractivity contribution in [2.75, 3.05) is 5.88 Å². The van der Waals surface area contributed by atoms with E-state index in [0.29, 0.717) is 0 Å². The Bertz CT molecular complexity index is 236. The quantitative estimate of drug-likeness (QED) is 0.429. The summed E-state index contributed by atoms with van der Waals surface area (Å²) in [7, 11) is 0. The zero-order valence-corrected chi connectivity index (χ0v) is 8.06. The summed E-state index contributed by atoms with van der Waals surface area (Å²) in [6.45, 7) is 0. The zero-order chi connectivity index (χ0) is 11.2. The average Bonchev–Trinajstić information content (AvgIpc) is 2.52. The summed E-state index contributed by atoms with van der Waals surface area (Å²) in [6, 6.07) is 0. The third-order valence-corrected chi connectivity index (χ3v) is 2.56. The molecule has 1 heterocycles. The highest BCUT2D eigenvalue weighted by Crippen LogP contribution is 2.61. The van der Waals surface area contributed by atoms with E-state index in [1.807, 2.05) is 0 Å². The molecular formula is C6H5Cl2F5O. The van der Waals surface area contributed by atoms with Crippen LogP contribution in [0.5, 0.6) is 0 Å². The van der Waals surface area contributed by atoms with Crippen LogP contribution in [0.3, 0.4) is 0 Å². The second kappa shape index (κ2) is 3.35. The van der Waals surface area contributed by atoms with Gasteiger partial charge in [0, 0.05) is 12.3 Å². The van der Waals surface area contributed by atoms with Crippen LogP contribution in [-0.2, 0) is 4.74 Å². The molecule has 0 aromatic rings. The largest absolute Gasteiger partial charge is 0.424 e. The van der Waals surface area contributed by atoms with E-state index in [1.165, 1.54) is 0 Å². The third kappa shape index (κ3) is 1.79. The summed E-state index contributed by atoms with van der Waals surface area (Å²) in [5, 5.41) is -1.29. The first-order chi connectivity index (χ1) is 6.16. The molecule has 14 heavy (non-hydrogen) atoms. The number of ether oxygens (including phenoxy) is 1. The summed E-state index contributed by atoms with van der Waals surface area (Å²) in [5.41, 5.74) is 0. The van der Waals surface area contributed by atoms with Gasteiger partial charge in [-0.05, 0) is 0 Å². The number of hydrogen-bond donors (Lipinski definition) is 0. The number of halogens is 7. The van der Waals surface area contributed by atoms with E-state index in [-0.39, 0.29) is 0 Å². The van der Waals surface area contributed by atoms with Crippen LogP contribution in [0.25, 0.3) is 0 Å². The lowest BCUT2D eigenvalue weighted by Gasteiger charge is -2.18. The summed E-state index contributed by atoms with van der Waals surface area (Å²) in [6.07, 6.45) is -5.75. The maximum Gasteiger partial charge on any atom is 0.424 e. The first kappa shape index (κ1) is 12.3. The second-order valence-electron chi connectivity index (χ2n) is 2.87. The molecule has 1 aliphatic rings. The van der Waals surface area contributed by atoms with Crippen LogP contribution in [-0.4, -0.2) is 29.1 Å². The van der Waals surface area contributed by atoms with Gasteiger partial charge in [0.2, 0.25) is 0 Å². The Morgan fingerprint density at radius 1 is 1.29 bits per heavy atom. The molecule has 0 N–H and O–H groups in total. The van der Waals surface area contributed by atoms with Crippen molar-refractivity contribution in [1.82, 2.24) is 0 Å². The van der Waals surface area contributed by atoms with E-state index < -0.39 is 35.6 Å². The van der Waals surface area contributed by atoms with E-state index in [1.54, 1.807) is 0 Å². The van der Waals surface area contributed by atoms with Gasteiger partial charge < -0.3 is 0 Å². The lowest BCUT2D eigenvalue weighted by atomic mass is 10.1. The zero-order valence-electron chi connectivity index (χ0n) is 6.55. The topological polar surface area (TPSA) is 12.5 Å². The van der Waals surface area contributed by atoms with Crippen LogP contribution in [0, 0.1) is 0 Å². The van der Waals surface area contributed by atoms with Crippen molar-refractivity contribution in [3.8, 4) is 0 Å². The molecule has 0 bridgehead atoms. The molecule has 0 amide bonds. The number of alkyl halides is 7. The van der Waals surface area contributed by atoms with E-state index in [2.05, 4.69) is 4.74 Å². The number of epoxide rings is 1. The molecule has 0 saturated carbocycles. The minimum absolute atomic E-state index is 0.390. The lowest BCUT2D eigenvalue weighted by Crippen LogP contribution is -2.39. The van der Waals surface area contributed by atoms with Gasteiger partial charge in [-0.2, -0.15) is 22.0 Å². The molecule has 0 aromatic carbocycles. The maximum absolute atomic E-state index is 12.8. The standard InChI is InChI=1S/C6H5Cl2F5O/c7-2-3(8)1-4(9,10)5(11)6(12,13)14-5/h3H,1-2H2. The molecular weight excluding hydrogens is 254 g/mol. The fourth-order valence-corrected chi connectivity index (χ4v) is 1.21. The predicted octanol–water partition coefficient (Wildman–Crippen LogP) is 3.15. The maximum atomic E-state index is 12.8. The highest BCUT2D eigenvalue weighted by Gasteiger charge is 2.88. The van der Waals surface area contributed by atoms with Crippen molar-refractivity contribution in [2.24, 2.45) is 0 Å². The molecule has 84 valence electrons. The molecule has 1 aliphatic heterocycles. The molecule has 0 aliphatic carbocycles. The van der Waals surface area contributed by atoms with Gasteiger partial charge in [0.1, 0.15) is 0 Å². The Morgan fingerprint density at radius 2 is 1.71 bits per heavy atom. The van der Waals surface area contributed by atoms with Crippen molar-refractivity contribution < 1.29 is 26.7 Å². The van der Waals surface area contributed by atoms with Crippen LogP contribution in [0.1, 0.15) is 6.42 Å². The highest BCUT2D eigenvalue weighted by atomic mass is 35.5. The summed E-state index contributed by atoms with van der Waals surface area (Å²) < 4.78 is 65.5.